The van der Waals surface area contributed by atoms with Gasteiger partial charge in [-0.2, -0.15) is 0 Å². The van der Waals surface area contributed by atoms with E-state index in [2.05, 4.69) is 10.3 Å². The molecule has 2 aromatic carbocycles. The number of carbonyl (C=O) groups excluding carboxylic acids is 1. The smallest absolute Gasteiger partial charge is 0.276 e. The third-order valence-corrected chi connectivity index (χ3v) is 4.06. The van der Waals surface area contributed by atoms with E-state index in [-0.39, 0.29) is 5.91 Å². The number of amides is 1. The Bertz CT molecular complexity index is 910. The third-order valence-electron chi connectivity index (χ3n) is 4.06. The van der Waals surface area contributed by atoms with Gasteiger partial charge >= 0.3 is 0 Å². The molecule has 0 bridgehead atoms. The van der Waals surface area contributed by atoms with E-state index in [9.17, 15) is 4.79 Å². The minimum Gasteiger partial charge on any atom is -0.495 e. The van der Waals surface area contributed by atoms with E-state index in [1.165, 1.54) is 0 Å². The van der Waals surface area contributed by atoms with Crippen LogP contribution in [0.25, 0.3) is 0 Å². The van der Waals surface area contributed by atoms with Crippen molar-refractivity contribution in [1.82, 2.24) is 4.98 Å². The summed E-state index contributed by atoms with van der Waals surface area (Å²) >= 11 is 0. The van der Waals surface area contributed by atoms with Gasteiger partial charge in [0.15, 0.2) is 0 Å². The Labute approximate surface area is 153 Å². The molecule has 0 unspecified atom stereocenters. The number of carbonyl (C=O) groups is 1. The molecule has 0 aliphatic rings. The van der Waals surface area contributed by atoms with E-state index in [0.717, 1.165) is 28.4 Å². The van der Waals surface area contributed by atoms with Crippen LogP contribution in [-0.4, -0.2) is 25.0 Å². The first-order valence-corrected chi connectivity index (χ1v) is 8.29. The van der Waals surface area contributed by atoms with Gasteiger partial charge in [-0.25, -0.2) is 0 Å². The highest BCUT2D eigenvalue weighted by Gasteiger charge is 2.15. The van der Waals surface area contributed by atoms with Crippen molar-refractivity contribution in [3.63, 3.8) is 0 Å². The molecule has 3 rings (SSSR count). The van der Waals surface area contributed by atoms with Gasteiger partial charge in [0.25, 0.3) is 5.91 Å². The largest absolute Gasteiger partial charge is 0.495 e. The van der Waals surface area contributed by atoms with E-state index < -0.39 is 0 Å². The zero-order chi connectivity index (χ0) is 18.5. The summed E-state index contributed by atoms with van der Waals surface area (Å²) in [6.45, 7) is 2.01. The number of hydrogen-bond acceptors (Lipinski definition) is 4. The number of hydrogen-bond donors (Lipinski definition) is 1. The summed E-state index contributed by atoms with van der Waals surface area (Å²) in [5.41, 5.74) is 3.91. The number of ether oxygens (including phenoxy) is 1. The van der Waals surface area contributed by atoms with Crippen molar-refractivity contribution < 1.29 is 9.53 Å². The minimum absolute atomic E-state index is 0.170. The predicted octanol–water partition coefficient (Wildman–Crippen LogP) is 4.42. The number of benzene rings is 2. The van der Waals surface area contributed by atoms with Gasteiger partial charge in [0.2, 0.25) is 0 Å². The standard InChI is InChI=1S/C21H21N3O2/c1-15-9-10-20(26-3)18(13-15)23-16-11-12-22-19(14-16)21(25)24(2)17-7-5-4-6-8-17/h4-14H,1-3H3,(H,22,23). The normalized spacial score (nSPS) is 10.3. The van der Waals surface area contributed by atoms with Crippen molar-refractivity contribution in [3.8, 4) is 5.75 Å². The van der Waals surface area contributed by atoms with Crippen LogP contribution < -0.4 is 15.0 Å². The Morgan fingerprint density at radius 2 is 1.85 bits per heavy atom. The summed E-state index contributed by atoms with van der Waals surface area (Å²) in [5.74, 6) is 0.567. The fourth-order valence-corrected chi connectivity index (χ4v) is 2.64. The van der Waals surface area contributed by atoms with E-state index in [1.807, 2.05) is 61.5 Å². The number of para-hydroxylation sites is 1. The van der Waals surface area contributed by atoms with Crippen molar-refractivity contribution in [2.75, 3.05) is 24.4 Å². The summed E-state index contributed by atoms with van der Waals surface area (Å²) in [6, 6.07) is 18.9. The fourth-order valence-electron chi connectivity index (χ4n) is 2.64. The first-order chi connectivity index (χ1) is 12.6. The highest BCUT2D eigenvalue weighted by molar-refractivity contribution is 6.04. The van der Waals surface area contributed by atoms with Crippen molar-refractivity contribution >= 4 is 23.0 Å². The summed E-state index contributed by atoms with van der Waals surface area (Å²) in [4.78, 5) is 18.5. The molecule has 0 atom stereocenters. The van der Waals surface area contributed by atoms with E-state index in [4.69, 9.17) is 4.74 Å². The van der Waals surface area contributed by atoms with Crippen LogP contribution in [0, 0.1) is 6.92 Å². The summed E-state index contributed by atoms with van der Waals surface area (Å²) in [6.07, 6.45) is 1.62. The molecule has 132 valence electrons. The molecule has 3 aromatic rings. The van der Waals surface area contributed by atoms with Gasteiger partial charge < -0.3 is 15.0 Å². The number of anilines is 3. The molecule has 0 spiro atoms. The molecule has 5 nitrogen and oxygen atoms in total. The maximum atomic E-state index is 12.7. The van der Waals surface area contributed by atoms with Crippen LogP contribution in [0.1, 0.15) is 16.1 Å². The molecule has 1 amide bonds. The van der Waals surface area contributed by atoms with E-state index in [1.54, 1.807) is 31.3 Å². The van der Waals surface area contributed by atoms with Gasteiger partial charge in [-0.05, 0) is 48.9 Å². The second kappa shape index (κ2) is 7.70. The number of methoxy groups -OCH3 is 1. The predicted molar refractivity (Wildman–Crippen MR) is 104 cm³/mol. The lowest BCUT2D eigenvalue weighted by atomic mass is 10.2. The molecule has 0 saturated heterocycles. The number of aryl methyl sites for hydroxylation is 1. The number of nitrogens with one attached hydrogen (secondary N) is 1. The number of pyridine rings is 1. The molecule has 1 heterocycles. The average Bonchev–Trinajstić information content (AvgIpc) is 2.68. The Hall–Kier alpha value is -3.34. The van der Waals surface area contributed by atoms with E-state index >= 15 is 0 Å². The van der Waals surface area contributed by atoms with Gasteiger partial charge in [0, 0.05) is 24.6 Å². The maximum absolute atomic E-state index is 12.7. The van der Waals surface area contributed by atoms with Crippen LogP contribution >= 0.6 is 0 Å². The number of aromatic nitrogens is 1. The third kappa shape index (κ3) is 3.83. The van der Waals surface area contributed by atoms with Crippen LogP contribution in [0.15, 0.2) is 66.9 Å². The van der Waals surface area contributed by atoms with Crippen molar-refractivity contribution in [3.05, 3.63) is 78.1 Å². The SMILES string of the molecule is COc1ccc(C)cc1Nc1ccnc(C(=O)N(C)c2ccccc2)c1. The van der Waals surface area contributed by atoms with Crippen LogP contribution in [-0.2, 0) is 0 Å². The summed E-state index contributed by atoms with van der Waals surface area (Å²) in [7, 11) is 3.37. The van der Waals surface area contributed by atoms with Crippen LogP contribution in [0.5, 0.6) is 5.75 Å². The Kier molecular flexibility index (Phi) is 5.17. The molecule has 0 saturated carbocycles. The average molecular weight is 347 g/mol. The second-order valence-corrected chi connectivity index (χ2v) is 5.96. The zero-order valence-corrected chi connectivity index (χ0v) is 15.1. The topological polar surface area (TPSA) is 54.5 Å². The first-order valence-electron chi connectivity index (χ1n) is 8.29. The molecule has 0 aliphatic heterocycles. The van der Waals surface area contributed by atoms with Gasteiger partial charge in [0.1, 0.15) is 11.4 Å². The number of rotatable bonds is 5. The van der Waals surface area contributed by atoms with Gasteiger partial charge in [-0.3, -0.25) is 9.78 Å². The van der Waals surface area contributed by atoms with Crippen molar-refractivity contribution in [2.24, 2.45) is 0 Å². The molecule has 26 heavy (non-hydrogen) atoms. The molecule has 1 aromatic heterocycles. The Morgan fingerprint density at radius 3 is 2.58 bits per heavy atom. The van der Waals surface area contributed by atoms with Crippen LogP contribution in [0.2, 0.25) is 0 Å². The second-order valence-electron chi connectivity index (χ2n) is 5.96. The maximum Gasteiger partial charge on any atom is 0.276 e. The highest BCUT2D eigenvalue weighted by Crippen LogP contribution is 2.28. The molecular formula is C21H21N3O2. The van der Waals surface area contributed by atoms with Crippen LogP contribution in [0.4, 0.5) is 17.1 Å². The minimum atomic E-state index is -0.170. The first kappa shape index (κ1) is 17.5. The van der Waals surface area contributed by atoms with Gasteiger partial charge in [-0.15, -0.1) is 0 Å². The highest BCUT2D eigenvalue weighted by atomic mass is 16.5. The molecule has 0 radical (unpaired) electrons. The quantitative estimate of drug-likeness (QED) is 0.742. The van der Waals surface area contributed by atoms with Crippen LogP contribution in [0.3, 0.4) is 0 Å². The lowest BCUT2D eigenvalue weighted by Crippen LogP contribution is -2.27. The van der Waals surface area contributed by atoms with E-state index in [0.29, 0.717) is 5.69 Å². The van der Waals surface area contributed by atoms with Crippen molar-refractivity contribution in [2.45, 2.75) is 6.92 Å². The molecular weight excluding hydrogens is 326 g/mol. The number of nitrogens with zero attached hydrogens (tertiary/aromatic N) is 2. The molecule has 0 fully saturated rings. The lowest BCUT2D eigenvalue weighted by molar-refractivity contribution is 0.0988. The Balaban J connectivity index is 1.85. The van der Waals surface area contributed by atoms with Gasteiger partial charge in [-0.1, -0.05) is 24.3 Å². The molecule has 0 aliphatic carbocycles. The zero-order valence-electron chi connectivity index (χ0n) is 15.1. The molecule has 1 N–H and O–H groups in total. The lowest BCUT2D eigenvalue weighted by Gasteiger charge is -2.17. The Morgan fingerprint density at radius 1 is 1.08 bits per heavy atom. The van der Waals surface area contributed by atoms with Crippen molar-refractivity contribution in [1.29, 1.82) is 0 Å². The van der Waals surface area contributed by atoms with Gasteiger partial charge in [0.05, 0.1) is 12.8 Å². The molecule has 5 heteroatoms. The fraction of sp³-hybridized carbons (Fsp3) is 0.143. The monoisotopic (exact) mass is 347 g/mol. The summed E-state index contributed by atoms with van der Waals surface area (Å²) in [5, 5.41) is 3.30. The summed E-state index contributed by atoms with van der Waals surface area (Å²) < 4.78 is 5.39.